The molecule has 23 heavy (non-hydrogen) atoms. The van der Waals surface area contributed by atoms with Crippen LogP contribution in [-0.2, 0) is 10.3 Å². The predicted molar refractivity (Wildman–Crippen MR) is 88.9 cm³/mol. The number of nitrogens with one attached hydrogen (secondary N) is 1. The summed E-state index contributed by atoms with van der Waals surface area (Å²) in [4.78, 5) is 0. The van der Waals surface area contributed by atoms with E-state index in [-0.39, 0.29) is 12.0 Å². The fourth-order valence-corrected chi connectivity index (χ4v) is 3.04. The van der Waals surface area contributed by atoms with Crippen LogP contribution in [0.1, 0.15) is 45.7 Å². The van der Waals surface area contributed by atoms with E-state index in [1.54, 1.807) is 18.2 Å². The molecule has 0 saturated carbocycles. The van der Waals surface area contributed by atoms with Gasteiger partial charge in [-0.3, -0.25) is 4.55 Å². The third-order valence-electron chi connectivity index (χ3n) is 3.27. The van der Waals surface area contributed by atoms with Gasteiger partial charge in [-0.05, 0) is 43.9 Å². The van der Waals surface area contributed by atoms with Crippen LogP contribution >= 0.6 is 0 Å². The van der Waals surface area contributed by atoms with Crippen molar-refractivity contribution < 1.29 is 22.1 Å². The Labute approximate surface area is 136 Å². The van der Waals surface area contributed by atoms with E-state index in [4.69, 9.17) is 13.7 Å². The standard InChI is InChI=1S/C16H23NO5S/c1-10(2)7-14(17-23(18,19)20)12-5-6-15-13(8-12)9-16(22-15)21-11(3)4/h5-6,8-11,14,17H,7H2,1-4H3,(H,18,19,20). The SMILES string of the molecule is CC(C)CC(NS(=O)(=O)O)c1ccc2oc(OC(C)C)cc2c1. The molecule has 0 bridgehead atoms. The highest BCUT2D eigenvalue weighted by atomic mass is 32.2. The van der Waals surface area contributed by atoms with Crippen molar-refractivity contribution in [1.82, 2.24) is 4.72 Å². The van der Waals surface area contributed by atoms with Crippen molar-refractivity contribution in [2.45, 2.75) is 46.3 Å². The lowest BCUT2D eigenvalue weighted by Crippen LogP contribution is -2.28. The second-order valence-corrected chi connectivity index (χ2v) is 7.49. The molecule has 1 heterocycles. The Kier molecular flexibility index (Phi) is 5.33. The van der Waals surface area contributed by atoms with Crippen molar-refractivity contribution in [3.8, 4) is 5.95 Å². The first-order valence-electron chi connectivity index (χ1n) is 7.59. The molecule has 1 aromatic carbocycles. The van der Waals surface area contributed by atoms with Crippen LogP contribution < -0.4 is 9.46 Å². The maximum absolute atomic E-state index is 11.2. The molecular weight excluding hydrogens is 318 g/mol. The third-order valence-corrected chi connectivity index (χ3v) is 3.85. The molecule has 0 radical (unpaired) electrons. The van der Waals surface area contributed by atoms with Crippen LogP contribution in [0.2, 0.25) is 0 Å². The van der Waals surface area contributed by atoms with Crippen LogP contribution in [0.25, 0.3) is 11.0 Å². The summed E-state index contributed by atoms with van der Waals surface area (Å²) in [5.74, 6) is 0.685. The number of fused-ring (bicyclic) bond motifs is 1. The summed E-state index contributed by atoms with van der Waals surface area (Å²) in [5.41, 5.74) is 1.43. The molecule has 0 fully saturated rings. The summed E-state index contributed by atoms with van der Waals surface area (Å²) in [6, 6.07) is 6.68. The predicted octanol–water partition coefficient (Wildman–Crippen LogP) is 3.70. The summed E-state index contributed by atoms with van der Waals surface area (Å²) >= 11 is 0. The van der Waals surface area contributed by atoms with Gasteiger partial charge in [-0.1, -0.05) is 19.9 Å². The highest BCUT2D eigenvalue weighted by molar-refractivity contribution is 7.83. The van der Waals surface area contributed by atoms with Crippen LogP contribution in [0.5, 0.6) is 5.95 Å². The molecule has 2 N–H and O–H groups in total. The Balaban J connectivity index is 2.34. The van der Waals surface area contributed by atoms with Gasteiger partial charge in [-0.25, -0.2) is 0 Å². The first-order chi connectivity index (χ1) is 10.6. The second kappa shape index (κ2) is 6.90. The van der Waals surface area contributed by atoms with Crippen molar-refractivity contribution in [3.63, 3.8) is 0 Å². The lowest BCUT2D eigenvalue weighted by atomic mass is 9.97. The minimum atomic E-state index is -4.28. The molecule has 2 aromatic rings. The highest BCUT2D eigenvalue weighted by Gasteiger charge is 2.20. The Morgan fingerprint density at radius 1 is 1.22 bits per heavy atom. The van der Waals surface area contributed by atoms with E-state index in [1.165, 1.54) is 0 Å². The lowest BCUT2D eigenvalue weighted by molar-refractivity contribution is 0.191. The Morgan fingerprint density at radius 2 is 1.91 bits per heavy atom. The number of hydrogen-bond acceptors (Lipinski definition) is 4. The van der Waals surface area contributed by atoms with E-state index in [0.717, 1.165) is 10.9 Å². The molecule has 6 nitrogen and oxygen atoms in total. The molecule has 128 valence electrons. The number of rotatable bonds is 7. The second-order valence-electron chi connectivity index (χ2n) is 6.30. The molecule has 0 saturated heterocycles. The molecule has 1 unspecified atom stereocenters. The van der Waals surface area contributed by atoms with Gasteiger partial charge in [0.05, 0.1) is 6.10 Å². The van der Waals surface area contributed by atoms with Crippen LogP contribution in [0, 0.1) is 5.92 Å². The Bertz CT molecular complexity index is 764. The Morgan fingerprint density at radius 3 is 2.48 bits per heavy atom. The van der Waals surface area contributed by atoms with Gasteiger partial charge in [-0.15, -0.1) is 0 Å². The molecule has 1 atom stereocenters. The van der Waals surface area contributed by atoms with Gasteiger partial charge >= 0.3 is 10.3 Å². The third kappa shape index (κ3) is 5.23. The minimum absolute atomic E-state index is 0.00456. The fraction of sp³-hybridized carbons (Fsp3) is 0.500. The first kappa shape index (κ1) is 17.8. The molecule has 0 aliphatic rings. The smallest absolute Gasteiger partial charge is 0.333 e. The van der Waals surface area contributed by atoms with Crippen LogP contribution in [-0.4, -0.2) is 19.1 Å². The first-order valence-corrected chi connectivity index (χ1v) is 9.03. The molecule has 0 amide bonds. The van der Waals surface area contributed by atoms with E-state index < -0.39 is 16.3 Å². The van der Waals surface area contributed by atoms with Gasteiger partial charge in [0.25, 0.3) is 5.95 Å². The van der Waals surface area contributed by atoms with Crippen LogP contribution in [0.3, 0.4) is 0 Å². The highest BCUT2D eigenvalue weighted by Crippen LogP contribution is 2.30. The zero-order valence-electron chi connectivity index (χ0n) is 13.7. The minimum Gasteiger partial charge on any atom is -0.462 e. The van der Waals surface area contributed by atoms with Crippen molar-refractivity contribution in [2.75, 3.05) is 0 Å². The fourth-order valence-electron chi connectivity index (χ4n) is 2.45. The zero-order chi connectivity index (χ0) is 17.2. The van der Waals surface area contributed by atoms with Gasteiger partial charge < -0.3 is 9.15 Å². The van der Waals surface area contributed by atoms with Crippen molar-refractivity contribution in [3.05, 3.63) is 29.8 Å². The summed E-state index contributed by atoms with van der Waals surface area (Å²) < 4.78 is 44.9. The van der Waals surface area contributed by atoms with Crippen molar-refractivity contribution >= 4 is 21.3 Å². The topological polar surface area (TPSA) is 88.8 Å². The number of furan rings is 1. The van der Waals surface area contributed by atoms with Gasteiger partial charge in [0.15, 0.2) is 0 Å². The molecule has 7 heteroatoms. The molecule has 0 spiro atoms. The largest absolute Gasteiger partial charge is 0.462 e. The number of benzene rings is 1. The normalized spacial score (nSPS) is 13.9. The van der Waals surface area contributed by atoms with Gasteiger partial charge in [0, 0.05) is 17.5 Å². The van der Waals surface area contributed by atoms with Gasteiger partial charge in [0.1, 0.15) is 5.58 Å². The molecule has 0 aliphatic carbocycles. The lowest BCUT2D eigenvalue weighted by Gasteiger charge is -2.19. The molecule has 0 aliphatic heterocycles. The average molecular weight is 341 g/mol. The quantitative estimate of drug-likeness (QED) is 0.750. The van der Waals surface area contributed by atoms with Crippen molar-refractivity contribution in [1.29, 1.82) is 0 Å². The summed E-state index contributed by atoms with van der Waals surface area (Å²) in [6.07, 6.45) is 0.573. The van der Waals surface area contributed by atoms with E-state index >= 15 is 0 Å². The summed E-state index contributed by atoms with van der Waals surface area (Å²) in [5, 5.41) is 0.823. The maximum Gasteiger partial charge on any atom is 0.333 e. The Hall–Kier alpha value is -1.57. The van der Waals surface area contributed by atoms with Crippen LogP contribution in [0.4, 0.5) is 0 Å². The molecule has 1 aromatic heterocycles. The van der Waals surface area contributed by atoms with E-state index in [0.29, 0.717) is 18.0 Å². The van der Waals surface area contributed by atoms with E-state index in [9.17, 15) is 8.42 Å². The van der Waals surface area contributed by atoms with E-state index in [1.807, 2.05) is 33.8 Å². The van der Waals surface area contributed by atoms with E-state index in [2.05, 4.69) is 4.72 Å². The van der Waals surface area contributed by atoms with Gasteiger partial charge in [-0.2, -0.15) is 13.1 Å². The summed E-state index contributed by atoms with van der Waals surface area (Å²) in [7, 11) is -4.28. The average Bonchev–Trinajstić information content (AvgIpc) is 2.75. The molecule has 2 rings (SSSR count). The summed E-state index contributed by atoms with van der Waals surface area (Å²) in [6.45, 7) is 7.80. The maximum atomic E-state index is 11.2. The molecular formula is C16H23NO5S. The number of ether oxygens (including phenoxy) is 1. The monoisotopic (exact) mass is 341 g/mol. The van der Waals surface area contributed by atoms with Crippen LogP contribution in [0.15, 0.2) is 28.7 Å². The zero-order valence-corrected chi connectivity index (χ0v) is 14.6. The van der Waals surface area contributed by atoms with Gasteiger partial charge in [0.2, 0.25) is 0 Å². The van der Waals surface area contributed by atoms with Crippen molar-refractivity contribution in [2.24, 2.45) is 5.92 Å². The number of hydrogen-bond donors (Lipinski definition) is 2.